The van der Waals surface area contributed by atoms with E-state index in [1.165, 1.54) is 24.0 Å². The third-order valence-corrected chi connectivity index (χ3v) is 4.41. The van der Waals surface area contributed by atoms with Crippen LogP contribution in [0.1, 0.15) is 41.8 Å². The van der Waals surface area contributed by atoms with Gasteiger partial charge in [-0.05, 0) is 56.4 Å². The minimum atomic E-state index is 0.191. The normalized spacial score (nSPS) is 26.3. The smallest absolute Gasteiger partial charge is 0.254 e. The number of piperazine rings is 1. The Kier molecular flexibility index (Phi) is 3.31. The highest BCUT2D eigenvalue weighted by Gasteiger charge is 2.29. The van der Waals surface area contributed by atoms with Gasteiger partial charge < -0.3 is 10.2 Å². The highest BCUT2D eigenvalue weighted by atomic mass is 16.2. The first-order valence-corrected chi connectivity index (χ1v) is 7.32. The number of hydrogen-bond donors (Lipinski definition) is 1. The van der Waals surface area contributed by atoms with E-state index in [0.29, 0.717) is 0 Å². The highest BCUT2D eigenvalue weighted by Crippen LogP contribution is 2.24. The topological polar surface area (TPSA) is 32.3 Å². The van der Waals surface area contributed by atoms with E-state index in [1.54, 1.807) is 0 Å². The molecule has 2 unspecified atom stereocenters. The van der Waals surface area contributed by atoms with Gasteiger partial charge in [-0.2, -0.15) is 0 Å². The summed E-state index contributed by atoms with van der Waals surface area (Å²) in [5, 5.41) is 3.37. The monoisotopic (exact) mass is 258 g/mol. The maximum Gasteiger partial charge on any atom is 0.254 e. The molecule has 1 heterocycles. The lowest BCUT2D eigenvalue weighted by atomic mass is 10.0. The number of carbonyl (C=O) groups is 1. The molecule has 1 fully saturated rings. The molecule has 1 aliphatic carbocycles. The number of carbonyl (C=O) groups excluding carboxylic acids is 1. The summed E-state index contributed by atoms with van der Waals surface area (Å²) in [5.41, 5.74) is 3.67. The molecule has 2 atom stereocenters. The molecule has 1 aromatic carbocycles. The predicted octanol–water partition coefficient (Wildman–Crippen LogP) is 2.00. The van der Waals surface area contributed by atoms with Crippen molar-refractivity contribution in [1.82, 2.24) is 10.2 Å². The second kappa shape index (κ2) is 4.97. The van der Waals surface area contributed by atoms with Crippen molar-refractivity contribution < 1.29 is 4.79 Å². The number of benzene rings is 1. The third-order valence-electron chi connectivity index (χ3n) is 4.41. The molecule has 19 heavy (non-hydrogen) atoms. The average molecular weight is 258 g/mol. The van der Waals surface area contributed by atoms with Crippen LogP contribution in [0.4, 0.5) is 0 Å². The van der Waals surface area contributed by atoms with E-state index < -0.39 is 0 Å². The summed E-state index contributed by atoms with van der Waals surface area (Å²) >= 11 is 0. The summed E-state index contributed by atoms with van der Waals surface area (Å²) in [4.78, 5) is 14.8. The van der Waals surface area contributed by atoms with Crippen LogP contribution in [0.5, 0.6) is 0 Å². The molecule has 3 heteroatoms. The van der Waals surface area contributed by atoms with Gasteiger partial charge in [-0.15, -0.1) is 0 Å². The summed E-state index contributed by atoms with van der Waals surface area (Å²) in [7, 11) is 0. The second-order valence-corrected chi connectivity index (χ2v) is 5.91. The van der Waals surface area contributed by atoms with E-state index in [4.69, 9.17) is 0 Å². The Morgan fingerprint density at radius 3 is 2.58 bits per heavy atom. The van der Waals surface area contributed by atoms with Crippen molar-refractivity contribution in [2.45, 2.75) is 45.2 Å². The molecular formula is C16H22N2O. The van der Waals surface area contributed by atoms with E-state index in [1.807, 2.05) is 11.0 Å². The molecule has 0 saturated carbocycles. The lowest BCUT2D eigenvalue weighted by Gasteiger charge is -2.39. The van der Waals surface area contributed by atoms with Gasteiger partial charge in [0.15, 0.2) is 0 Å². The Morgan fingerprint density at radius 1 is 1.16 bits per heavy atom. The number of fused-ring (bicyclic) bond motifs is 1. The molecule has 0 bridgehead atoms. The summed E-state index contributed by atoms with van der Waals surface area (Å²) in [6, 6.07) is 6.81. The van der Waals surface area contributed by atoms with Gasteiger partial charge in [0.25, 0.3) is 5.91 Å². The van der Waals surface area contributed by atoms with Gasteiger partial charge in [0, 0.05) is 30.7 Å². The van der Waals surface area contributed by atoms with Gasteiger partial charge in [0.05, 0.1) is 0 Å². The Morgan fingerprint density at radius 2 is 1.84 bits per heavy atom. The van der Waals surface area contributed by atoms with Crippen LogP contribution >= 0.6 is 0 Å². The van der Waals surface area contributed by atoms with Crippen LogP contribution in [0.15, 0.2) is 18.2 Å². The van der Waals surface area contributed by atoms with Gasteiger partial charge in [-0.1, -0.05) is 6.07 Å². The maximum absolute atomic E-state index is 12.7. The minimum absolute atomic E-state index is 0.191. The van der Waals surface area contributed by atoms with Crippen molar-refractivity contribution in [2.24, 2.45) is 0 Å². The average Bonchev–Trinajstić information content (AvgIpc) is 2.85. The van der Waals surface area contributed by atoms with Gasteiger partial charge in [-0.3, -0.25) is 4.79 Å². The van der Waals surface area contributed by atoms with Crippen LogP contribution in [0.25, 0.3) is 0 Å². The SMILES string of the molecule is CC1CNCC(C)N1C(=O)c1ccc2c(c1)CCC2. The standard InChI is InChI=1S/C16H22N2O/c1-11-9-17-10-12(2)18(11)16(19)15-7-6-13-4-3-5-14(13)8-15/h6-8,11-12,17H,3-5,9-10H2,1-2H3. The van der Waals surface area contributed by atoms with Gasteiger partial charge in [0.2, 0.25) is 0 Å². The summed E-state index contributed by atoms with van der Waals surface area (Å²) in [6.07, 6.45) is 3.53. The van der Waals surface area contributed by atoms with Gasteiger partial charge >= 0.3 is 0 Å². The largest absolute Gasteiger partial charge is 0.331 e. The molecule has 1 aromatic rings. The van der Waals surface area contributed by atoms with Gasteiger partial charge in [-0.25, -0.2) is 0 Å². The zero-order valence-electron chi connectivity index (χ0n) is 11.8. The molecule has 1 N–H and O–H groups in total. The second-order valence-electron chi connectivity index (χ2n) is 5.91. The molecule has 3 rings (SSSR count). The quantitative estimate of drug-likeness (QED) is 0.835. The highest BCUT2D eigenvalue weighted by molar-refractivity contribution is 5.95. The zero-order valence-corrected chi connectivity index (χ0v) is 11.8. The molecular weight excluding hydrogens is 236 g/mol. The fourth-order valence-electron chi connectivity index (χ4n) is 3.39. The lowest BCUT2D eigenvalue weighted by molar-refractivity contribution is 0.0544. The minimum Gasteiger partial charge on any atom is -0.331 e. The van der Waals surface area contributed by atoms with E-state index >= 15 is 0 Å². The van der Waals surface area contributed by atoms with Crippen LogP contribution < -0.4 is 5.32 Å². The van der Waals surface area contributed by atoms with Crippen LogP contribution in [0, 0.1) is 0 Å². The molecule has 2 aliphatic rings. The van der Waals surface area contributed by atoms with Crippen LogP contribution in [-0.4, -0.2) is 36.0 Å². The fraction of sp³-hybridized carbons (Fsp3) is 0.562. The van der Waals surface area contributed by atoms with Crippen molar-refractivity contribution in [1.29, 1.82) is 0 Å². The Hall–Kier alpha value is -1.35. The first kappa shape index (κ1) is 12.7. The number of rotatable bonds is 1. The van der Waals surface area contributed by atoms with Crippen molar-refractivity contribution in [3.05, 3.63) is 34.9 Å². The van der Waals surface area contributed by atoms with Crippen molar-refractivity contribution in [3.63, 3.8) is 0 Å². The molecule has 0 aromatic heterocycles. The zero-order chi connectivity index (χ0) is 13.4. The van der Waals surface area contributed by atoms with Crippen molar-refractivity contribution in [2.75, 3.05) is 13.1 Å². The lowest BCUT2D eigenvalue weighted by Crippen LogP contribution is -2.57. The van der Waals surface area contributed by atoms with Crippen LogP contribution in [-0.2, 0) is 12.8 Å². The van der Waals surface area contributed by atoms with Crippen molar-refractivity contribution in [3.8, 4) is 0 Å². The predicted molar refractivity (Wildman–Crippen MR) is 76.4 cm³/mol. The van der Waals surface area contributed by atoms with Crippen LogP contribution in [0.2, 0.25) is 0 Å². The van der Waals surface area contributed by atoms with Crippen molar-refractivity contribution >= 4 is 5.91 Å². The van der Waals surface area contributed by atoms with E-state index in [-0.39, 0.29) is 18.0 Å². The first-order valence-electron chi connectivity index (χ1n) is 7.32. The van der Waals surface area contributed by atoms with E-state index in [9.17, 15) is 4.79 Å². The number of aryl methyl sites for hydroxylation is 2. The van der Waals surface area contributed by atoms with Crippen LogP contribution in [0.3, 0.4) is 0 Å². The number of amides is 1. The summed E-state index contributed by atoms with van der Waals surface area (Å²) < 4.78 is 0. The van der Waals surface area contributed by atoms with Gasteiger partial charge in [0.1, 0.15) is 0 Å². The molecule has 1 aliphatic heterocycles. The fourth-order valence-corrected chi connectivity index (χ4v) is 3.39. The summed E-state index contributed by atoms with van der Waals surface area (Å²) in [5.74, 6) is 0.191. The molecule has 1 saturated heterocycles. The summed E-state index contributed by atoms with van der Waals surface area (Å²) in [6.45, 7) is 6.02. The molecule has 1 amide bonds. The van der Waals surface area contributed by atoms with E-state index in [2.05, 4.69) is 31.3 Å². The molecule has 0 spiro atoms. The van der Waals surface area contributed by atoms with E-state index in [0.717, 1.165) is 25.1 Å². The molecule has 3 nitrogen and oxygen atoms in total. The number of hydrogen-bond acceptors (Lipinski definition) is 2. The Labute approximate surface area is 115 Å². The molecule has 0 radical (unpaired) electrons. The maximum atomic E-state index is 12.7. The number of nitrogens with zero attached hydrogens (tertiary/aromatic N) is 1. The Bertz CT molecular complexity index is 488. The Balaban J connectivity index is 1.86. The molecule has 102 valence electrons. The number of nitrogens with one attached hydrogen (secondary N) is 1. The first-order chi connectivity index (χ1) is 9.16. The third kappa shape index (κ3) is 2.27.